The number of benzene rings is 1. The summed E-state index contributed by atoms with van der Waals surface area (Å²) < 4.78 is 7.07. The Morgan fingerprint density at radius 2 is 2.05 bits per heavy atom. The van der Waals surface area contributed by atoms with Crippen molar-refractivity contribution in [2.45, 2.75) is 27.3 Å². The number of hydrogen-bond donors (Lipinski definition) is 1. The van der Waals surface area contributed by atoms with E-state index in [0.717, 1.165) is 28.2 Å². The minimum absolute atomic E-state index is 0.592. The van der Waals surface area contributed by atoms with Gasteiger partial charge in [-0.15, -0.1) is 5.10 Å². The molecule has 0 aliphatic heterocycles. The molecule has 1 aromatic carbocycles. The predicted molar refractivity (Wildman–Crippen MR) is 73.6 cm³/mol. The molecule has 19 heavy (non-hydrogen) atoms. The molecule has 0 saturated carbocycles. The number of rotatable bonds is 5. The van der Waals surface area contributed by atoms with E-state index in [4.69, 9.17) is 10.5 Å². The van der Waals surface area contributed by atoms with Crippen LogP contribution in [0.25, 0.3) is 11.4 Å². The molecule has 0 fully saturated rings. The number of anilines is 1. The average molecular weight is 261 g/mol. The zero-order chi connectivity index (χ0) is 13.8. The molecule has 2 aromatic rings. The lowest BCUT2D eigenvalue weighted by Crippen LogP contribution is -2.09. The molecule has 6 nitrogen and oxygen atoms in total. The molecule has 0 amide bonds. The fourth-order valence-electron chi connectivity index (χ4n) is 1.95. The van der Waals surface area contributed by atoms with E-state index in [1.807, 2.05) is 32.9 Å². The smallest absolute Gasteiger partial charge is 0.182 e. The SMILES string of the molecule is CCOCCn1nnnc1-c1cc(N)c(C)cc1C. The third-order valence-electron chi connectivity index (χ3n) is 3.04. The van der Waals surface area contributed by atoms with E-state index in [2.05, 4.69) is 15.5 Å². The molecular weight excluding hydrogens is 242 g/mol. The minimum Gasteiger partial charge on any atom is -0.398 e. The van der Waals surface area contributed by atoms with Gasteiger partial charge in [0.25, 0.3) is 0 Å². The third-order valence-corrected chi connectivity index (χ3v) is 3.04. The van der Waals surface area contributed by atoms with Gasteiger partial charge in [0, 0.05) is 17.9 Å². The summed E-state index contributed by atoms with van der Waals surface area (Å²) in [4.78, 5) is 0. The Bertz CT molecular complexity index is 564. The number of aromatic nitrogens is 4. The van der Waals surface area contributed by atoms with Crippen LogP contribution in [-0.4, -0.2) is 33.4 Å². The molecule has 0 unspecified atom stereocenters. The molecular formula is C13H19N5O. The highest BCUT2D eigenvalue weighted by atomic mass is 16.5. The maximum atomic E-state index is 5.96. The second-order valence-electron chi connectivity index (χ2n) is 4.45. The van der Waals surface area contributed by atoms with Crippen LogP contribution in [0, 0.1) is 13.8 Å². The molecule has 0 aliphatic rings. The zero-order valence-electron chi connectivity index (χ0n) is 11.6. The van der Waals surface area contributed by atoms with Crippen molar-refractivity contribution in [3.63, 3.8) is 0 Å². The number of aryl methyl sites for hydroxylation is 2. The fourth-order valence-corrected chi connectivity index (χ4v) is 1.95. The second-order valence-corrected chi connectivity index (χ2v) is 4.45. The predicted octanol–water partition coefficient (Wildman–Crippen LogP) is 1.58. The Labute approximate surface area is 112 Å². The highest BCUT2D eigenvalue weighted by Gasteiger charge is 2.12. The van der Waals surface area contributed by atoms with E-state index in [-0.39, 0.29) is 0 Å². The van der Waals surface area contributed by atoms with Crippen LogP contribution in [-0.2, 0) is 11.3 Å². The lowest BCUT2D eigenvalue weighted by atomic mass is 10.0. The Kier molecular flexibility index (Phi) is 4.11. The largest absolute Gasteiger partial charge is 0.398 e. The van der Waals surface area contributed by atoms with Crippen molar-refractivity contribution in [3.05, 3.63) is 23.3 Å². The highest BCUT2D eigenvalue weighted by Crippen LogP contribution is 2.25. The van der Waals surface area contributed by atoms with Crippen molar-refractivity contribution in [2.75, 3.05) is 18.9 Å². The first-order chi connectivity index (χ1) is 9.13. The van der Waals surface area contributed by atoms with Crippen LogP contribution in [0.15, 0.2) is 12.1 Å². The number of tetrazole rings is 1. The van der Waals surface area contributed by atoms with Gasteiger partial charge < -0.3 is 10.5 Å². The van der Waals surface area contributed by atoms with Crippen LogP contribution in [0.3, 0.4) is 0 Å². The van der Waals surface area contributed by atoms with E-state index >= 15 is 0 Å². The Hall–Kier alpha value is -1.95. The average Bonchev–Trinajstić information content (AvgIpc) is 2.82. The lowest BCUT2D eigenvalue weighted by Gasteiger charge is -2.10. The number of nitrogens with two attached hydrogens (primary N) is 1. The van der Waals surface area contributed by atoms with Crippen LogP contribution in [0.1, 0.15) is 18.1 Å². The Balaban J connectivity index is 2.32. The summed E-state index contributed by atoms with van der Waals surface area (Å²) in [5, 5.41) is 11.8. The van der Waals surface area contributed by atoms with Gasteiger partial charge in [0.1, 0.15) is 0 Å². The molecule has 1 aromatic heterocycles. The number of nitrogens with zero attached hydrogens (tertiary/aromatic N) is 4. The summed E-state index contributed by atoms with van der Waals surface area (Å²) in [5.41, 5.74) is 9.85. The Morgan fingerprint density at radius 1 is 1.26 bits per heavy atom. The molecule has 0 bridgehead atoms. The Morgan fingerprint density at radius 3 is 2.79 bits per heavy atom. The second kappa shape index (κ2) is 5.79. The molecule has 0 atom stereocenters. The van der Waals surface area contributed by atoms with Gasteiger partial charge in [0.15, 0.2) is 5.82 Å². The van der Waals surface area contributed by atoms with Crippen LogP contribution in [0.2, 0.25) is 0 Å². The lowest BCUT2D eigenvalue weighted by molar-refractivity contribution is 0.136. The van der Waals surface area contributed by atoms with Crippen molar-refractivity contribution >= 4 is 5.69 Å². The van der Waals surface area contributed by atoms with Crippen molar-refractivity contribution in [2.24, 2.45) is 0 Å². The topological polar surface area (TPSA) is 78.8 Å². The summed E-state index contributed by atoms with van der Waals surface area (Å²) in [7, 11) is 0. The van der Waals surface area contributed by atoms with Crippen LogP contribution >= 0.6 is 0 Å². The molecule has 0 radical (unpaired) electrons. The van der Waals surface area contributed by atoms with Crippen molar-refractivity contribution in [1.29, 1.82) is 0 Å². The van der Waals surface area contributed by atoms with Gasteiger partial charge in [-0.25, -0.2) is 4.68 Å². The summed E-state index contributed by atoms with van der Waals surface area (Å²) in [6.07, 6.45) is 0. The van der Waals surface area contributed by atoms with Gasteiger partial charge in [-0.2, -0.15) is 0 Å². The third kappa shape index (κ3) is 2.90. The van der Waals surface area contributed by atoms with Gasteiger partial charge >= 0.3 is 0 Å². The van der Waals surface area contributed by atoms with Gasteiger partial charge in [-0.1, -0.05) is 6.07 Å². The summed E-state index contributed by atoms with van der Waals surface area (Å²) in [6.45, 7) is 7.89. The van der Waals surface area contributed by atoms with Crippen LogP contribution < -0.4 is 5.73 Å². The molecule has 1 heterocycles. The van der Waals surface area contributed by atoms with E-state index in [0.29, 0.717) is 19.8 Å². The van der Waals surface area contributed by atoms with E-state index in [9.17, 15) is 0 Å². The van der Waals surface area contributed by atoms with Crippen LogP contribution in [0.5, 0.6) is 0 Å². The van der Waals surface area contributed by atoms with Gasteiger partial charge in [-0.3, -0.25) is 0 Å². The fraction of sp³-hybridized carbons (Fsp3) is 0.462. The van der Waals surface area contributed by atoms with E-state index in [1.165, 1.54) is 0 Å². The molecule has 0 spiro atoms. The molecule has 0 aliphatic carbocycles. The zero-order valence-corrected chi connectivity index (χ0v) is 11.6. The summed E-state index contributed by atoms with van der Waals surface area (Å²) in [5.74, 6) is 0.726. The quantitative estimate of drug-likeness (QED) is 0.653. The monoisotopic (exact) mass is 261 g/mol. The molecule has 6 heteroatoms. The van der Waals surface area contributed by atoms with E-state index in [1.54, 1.807) is 4.68 Å². The summed E-state index contributed by atoms with van der Waals surface area (Å²) in [6, 6.07) is 3.97. The summed E-state index contributed by atoms with van der Waals surface area (Å²) >= 11 is 0. The van der Waals surface area contributed by atoms with Crippen LogP contribution in [0.4, 0.5) is 5.69 Å². The van der Waals surface area contributed by atoms with Gasteiger partial charge in [0.2, 0.25) is 0 Å². The first-order valence-corrected chi connectivity index (χ1v) is 6.34. The molecule has 102 valence electrons. The number of nitrogen functional groups attached to an aromatic ring is 1. The van der Waals surface area contributed by atoms with Crippen molar-refractivity contribution in [1.82, 2.24) is 20.2 Å². The maximum Gasteiger partial charge on any atom is 0.182 e. The number of hydrogen-bond acceptors (Lipinski definition) is 5. The standard InChI is InChI=1S/C13H19N5O/c1-4-19-6-5-18-13(15-16-17-18)11-8-12(14)10(3)7-9(11)2/h7-8H,4-6,14H2,1-3H3. The normalized spacial score (nSPS) is 10.9. The van der Waals surface area contributed by atoms with E-state index < -0.39 is 0 Å². The highest BCUT2D eigenvalue weighted by molar-refractivity contribution is 5.67. The first-order valence-electron chi connectivity index (χ1n) is 6.34. The van der Waals surface area contributed by atoms with Crippen molar-refractivity contribution in [3.8, 4) is 11.4 Å². The van der Waals surface area contributed by atoms with Gasteiger partial charge in [-0.05, 0) is 48.4 Å². The number of ether oxygens (including phenoxy) is 1. The van der Waals surface area contributed by atoms with Crippen molar-refractivity contribution < 1.29 is 4.74 Å². The maximum absolute atomic E-state index is 5.96. The van der Waals surface area contributed by atoms with Gasteiger partial charge in [0.05, 0.1) is 13.2 Å². The minimum atomic E-state index is 0.592. The molecule has 0 saturated heterocycles. The molecule has 2 N–H and O–H groups in total. The first kappa shape index (κ1) is 13.5. The molecule has 2 rings (SSSR count).